The summed E-state index contributed by atoms with van der Waals surface area (Å²) in [5, 5.41) is 9.07. The van der Waals surface area contributed by atoms with Crippen molar-refractivity contribution in [3.05, 3.63) is 23.3 Å². The third-order valence-corrected chi connectivity index (χ3v) is 3.09. The Morgan fingerprint density at radius 1 is 1.59 bits per heavy atom. The first-order valence-corrected chi connectivity index (χ1v) is 5.63. The Hall–Kier alpha value is -1.71. The summed E-state index contributed by atoms with van der Waals surface area (Å²) < 4.78 is 10.9. The highest BCUT2D eigenvalue weighted by atomic mass is 16.5. The van der Waals surface area contributed by atoms with E-state index in [1.165, 1.54) is 7.11 Å². The molecular weight excluding hydrogens is 220 g/mol. The molecule has 1 heterocycles. The Kier molecular flexibility index (Phi) is 2.96. The number of hydrogen-bond acceptors (Lipinski definition) is 3. The van der Waals surface area contributed by atoms with E-state index < -0.39 is 11.9 Å². The van der Waals surface area contributed by atoms with Gasteiger partial charge in [-0.3, -0.25) is 4.79 Å². The van der Waals surface area contributed by atoms with Gasteiger partial charge in [0.2, 0.25) is 0 Å². The van der Waals surface area contributed by atoms with Gasteiger partial charge in [-0.2, -0.15) is 0 Å². The molecule has 4 heteroatoms. The molecule has 1 aromatic rings. The molecule has 2 rings (SSSR count). The van der Waals surface area contributed by atoms with Gasteiger partial charge >= 0.3 is 5.97 Å². The van der Waals surface area contributed by atoms with Crippen LogP contribution < -0.4 is 9.47 Å². The van der Waals surface area contributed by atoms with Crippen LogP contribution in [0, 0.1) is 0 Å². The zero-order chi connectivity index (χ0) is 12.6. The molecular formula is C13H16O4. The lowest BCUT2D eigenvalue weighted by molar-refractivity contribution is -0.138. The largest absolute Gasteiger partial charge is 0.496 e. The molecule has 1 aromatic carbocycles. The third kappa shape index (κ3) is 2.07. The number of methoxy groups -OCH3 is 1. The van der Waals surface area contributed by atoms with Crippen LogP contribution in [0.3, 0.4) is 0 Å². The molecule has 0 saturated heterocycles. The van der Waals surface area contributed by atoms with Crippen molar-refractivity contribution in [2.75, 3.05) is 7.11 Å². The van der Waals surface area contributed by atoms with Crippen molar-refractivity contribution in [2.24, 2.45) is 0 Å². The molecule has 2 unspecified atom stereocenters. The van der Waals surface area contributed by atoms with E-state index in [-0.39, 0.29) is 6.10 Å². The Labute approximate surface area is 100 Å². The highest BCUT2D eigenvalue weighted by Crippen LogP contribution is 2.38. The third-order valence-electron chi connectivity index (χ3n) is 3.09. The predicted molar refractivity (Wildman–Crippen MR) is 62.8 cm³/mol. The first-order valence-electron chi connectivity index (χ1n) is 5.63. The fourth-order valence-corrected chi connectivity index (χ4v) is 2.11. The van der Waals surface area contributed by atoms with Gasteiger partial charge in [-0.1, -0.05) is 0 Å². The summed E-state index contributed by atoms with van der Waals surface area (Å²) in [5.41, 5.74) is 1.76. The molecule has 2 atom stereocenters. The van der Waals surface area contributed by atoms with E-state index in [0.29, 0.717) is 11.3 Å². The van der Waals surface area contributed by atoms with E-state index in [4.69, 9.17) is 14.6 Å². The minimum Gasteiger partial charge on any atom is -0.496 e. The van der Waals surface area contributed by atoms with Gasteiger partial charge in [-0.25, -0.2) is 0 Å². The zero-order valence-electron chi connectivity index (χ0n) is 10.2. The number of fused-ring (bicyclic) bond motifs is 1. The van der Waals surface area contributed by atoms with E-state index in [1.807, 2.05) is 13.0 Å². The standard InChI is InChI=1S/C13H16O4/c1-7-4-9-5-10(8(2)13(14)15)12(16-3)6-11(9)17-7/h5-8H,4H2,1-3H3,(H,14,15). The number of rotatable bonds is 3. The molecule has 92 valence electrons. The number of carboxylic acids is 1. The molecule has 0 amide bonds. The van der Waals surface area contributed by atoms with Crippen molar-refractivity contribution >= 4 is 5.97 Å². The second kappa shape index (κ2) is 4.28. The van der Waals surface area contributed by atoms with E-state index in [1.54, 1.807) is 13.0 Å². The normalized spacial score (nSPS) is 19.4. The van der Waals surface area contributed by atoms with Gasteiger partial charge in [-0.05, 0) is 25.5 Å². The van der Waals surface area contributed by atoms with E-state index in [0.717, 1.165) is 17.7 Å². The first-order chi connectivity index (χ1) is 8.02. The van der Waals surface area contributed by atoms with Crippen molar-refractivity contribution < 1.29 is 19.4 Å². The molecule has 0 aromatic heterocycles. The second-order valence-corrected chi connectivity index (χ2v) is 4.39. The Balaban J connectivity index is 2.46. The van der Waals surface area contributed by atoms with Gasteiger partial charge in [0.05, 0.1) is 13.0 Å². The van der Waals surface area contributed by atoms with Crippen LogP contribution in [-0.2, 0) is 11.2 Å². The van der Waals surface area contributed by atoms with Crippen molar-refractivity contribution in [2.45, 2.75) is 32.3 Å². The molecule has 0 spiro atoms. The van der Waals surface area contributed by atoms with Crippen LogP contribution in [0.1, 0.15) is 30.9 Å². The van der Waals surface area contributed by atoms with E-state index in [2.05, 4.69) is 0 Å². The molecule has 0 bridgehead atoms. The van der Waals surface area contributed by atoms with Crippen molar-refractivity contribution in [1.29, 1.82) is 0 Å². The van der Waals surface area contributed by atoms with Crippen LogP contribution in [-0.4, -0.2) is 24.3 Å². The predicted octanol–water partition coefficient (Wildman–Crippen LogP) is 2.21. The summed E-state index contributed by atoms with van der Waals surface area (Å²) in [6.45, 7) is 3.65. The van der Waals surface area contributed by atoms with Gasteiger partial charge in [0.25, 0.3) is 0 Å². The molecule has 1 aliphatic heterocycles. The van der Waals surface area contributed by atoms with Gasteiger partial charge in [-0.15, -0.1) is 0 Å². The lowest BCUT2D eigenvalue weighted by Gasteiger charge is -2.13. The van der Waals surface area contributed by atoms with Crippen LogP contribution in [0.25, 0.3) is 0 Å². The molecule has 4 nitrogen and oxygen atoms in total. The molecule has 0 aliphatic carbocycles. The van der Waals surface area contributed by atoms with Gasteiger partial charge in [0.15, 0.2) is 0 Å². The average Bonchev–Trinajstić information content (AvgIpc) is 2.65. The second-order valence-electron chi connectivity index (χ2n) is 4.39. The van der Waals surface area contributed by atoms with Crippen LogP contribution in [0.5, 0.6) is 11.5 Å². The van der Waals surface area contributed by atoms with Gasteiger partial charge in [0, 0.05) is 18.1 Å². The van der Waals surface area contributed by atoms with Crippen LogP contribution >= 0.6 is 0 Å². The lowest BCUT2D eigenvalue weighted by atomic mass is 9.96. The minimum atomic E-state index is -0.852. The monoisotopic (exact) mass is 236 g/mol. The number of carboxylic acid groups (broad SMARTS) is 1. The molecule has 0 radical (unpaired) electrons. The maximum atomic E-state index is 11.0. The Bertz CT molecular complexity index is 453. The number of ether oxygens (including phenoxy) is 2. The lowest BCUT2D eigenvalue weighted by Crippen LogP contribution is -2.09. The summed E-state index contributed by atoms with van der Waals surface area (Å²) in [7, 11) is 1.54. The summed E-state index contributed by atoms with van der Waals surface area (Å²) >= 11 is 0. The smallest absolute Gasteiger partial charge is 0.310 e. The van der Waals surface area contributed by atoms with Crippen molar-refractivity contribution in [3.63, 3.8) is 0 Å². The van der Waals surface area contributed by atoms with Crippen molar-refractivity contribution in [3.8, 4) is 11.5 Å². The maximum absolute atomic E-state index is 11.0. The quantitative estimate of drug-likeness (QED) is 0.874. The molecule has 1 N–H and O–H groups in total. The number of hydrogen-bond donors (Lipinski definition) is 1. The molecule has 0 saturated carbocycles. The summed E-state index contributed by atoms with van der Waals surface area (Å²) in [6.07, 6.45) is 0.962. The van der Waals surface area contributed by atoms with Crippen LogP contribution in [0.15, 0.2) is 12.1 Å². The van der Waals surface area contributed by atoms with E-state index in [9.17, 15) is 4.79 Å². The van der Waals surface area contributed by atoms with Crippen LogP contribution in [0.2, 0.25) is 0 Å². The first kappa shape index (κ1) is 11.8. The highest BCUT2D eigenvalue weighted by Gasteiger charge is 2.25. The number of aliphatic carboxylic acids is 1. The van der Waals surface area contributed by atoms with Gasteiger partial charge < -0.3 is 14.6 Å². The molecule has 0 fully saturated rings. The average molecular weight is 236 g/mol. The van der Waals surface area contributed by atoms with Gasteiger partial charge in [0.1, 0.15) is 17.6 Å². The zero-order valence-corrected chi connectivity index (χ0v) is 10.2. The SMILES string of the molecule is COc1cc2c(cc1C(C)C(=O)O)CC(C)O2. The van der Waals surface area contributed by atoms with Crippen molar-refractivity contribution in [1.82, 2.24) is 0 Å². The fraction of sp³-hybridized carbons (Fsp3) is 0.462. The summed E-state index contributed by atoms with van der Waals surface area (Å²) in [4.78, 5) is 11.0. The minimum absolute atomic E-state index is 0.144. The van der Waals surface area contributed by atoms with E-state index >= 15 is 0 Å². The highest BCUT2D eigenvalue weighted by molar-refractivity contribution is 5.77. The fourth-order valence-electron chi connectivity index (χ4n) is 2.11. The Morgan fingerprint density at radius 2 is 2.29 bits per heavy atom. The summed E-state index contributed by atoms with van der Waals surface area (Å²) in [5.74, 6) is -0.0511. The molecule has 17 heavy (non-hydrogen) atoms. The van der Waals surface area contributed by atoms with Crippen LogP contribution in [0.4, 0.5) is 0 Å². The number of carbonyl (C=O) groups is 1. The number of benzene rings is 1. The summed E-state index contributed by atoms with van der Waals surface area (Å²) in [6, 6.07) is 3.67. The topological polar surface area (TPSA) is 55.8 Å². The Morgan fingerprint density at radius 3 is 2.88 bits per heavy atom. The molecule has 1 aliphatic rings. The maximum Gasteiger partial charge on any atom is 0.310 e.